The maximum Gasteiger partial charge on any atom is 1.00 e. The Morgan fingerprint density at radius 2 is 1.57 bits per heavy atom. The molecule has 0 bridgehead atoms. The van der Waals surface area contributed by atoms with Crippen molar-refractivity contribution in [2.75, 3.05) is 0 Å². The van der Waals surface area contributed by atoms with Crippen molar-refractivity contribution in [2.24, 2.45) is 0 Å². The number of para-hydroxylation sites is 1. The monoisotopic (exact) mass is 298 g/mol. The normalized spacial score (nSPS) is 10.4. The summed E-state index contributed by atoms with van der Waals surface area (Å²) in [7, 11) is -4.97. The van der Waals surface area contributed by atoms with Gasteiger partial charge in [-0.1, -0.05) is 57.2 Å². The Balaban J connectivity index is 0. The minimum atomic E-state index is -4.97. The predicted molar refractivity (Wildman–Crippen MR) is 71.8 cm³/mol. The Hall–Kier alpha value is 0.365. The van der Waals surface area contributed by atoms with E-state index < -0.39 is 7.82 Å². The van der Waals surface area contributed by atoms with Crippen LogP contribution in [0.5, 0.6) is 5.75 Å². The van der Waals surface area contributed by atoms with Gasteiger partial charge < -0.3 is 18.9 Å². The van der Waals surface area contributed by atoms with E-state index in [0.29, 0.717) is 0 Å². The van der Waals surface area contributed by atoms with Gasteiger partial charge in [0.25, 0.3) is 0 Å². The van der Waals surface area contributed by atoms with E-state index in [2.05, 4.69) is 11.4 Å². The van der Waals surface area contributed by atoms with Gasteiger partial charge in [-0.3, -0.25) is 0 Å². The zero-order valence-corrected chi connectivity index (χ0v) is 14.2. The second-order valence-corrected chi connectivity index (χ2v) is 5.74. The third-order valence-electron chi connectivity index (χ3n) is 2.98. The molecule has 7 heteroatoms. The quantitative estimate of drug-likeness (QED) is 0.273. The Labute approximate surface area is 151 Å². The minimum absolute atomic E-state index is 0. The van der Waals surface area contributed by atoms with E-state index in [9.17, 15) is 14.4 Å². The molecule has 4 nitrogen and oxygen atoms in total. The van der Waals surface area contributed by atoms with Crippen molar-refractivity contribution in [1.29, 1.82) is 0 Å². The standard InChI is InChI=1S/C14H23O4P.2Li/c1-2-3-4-5-6-7-10-13-11-8-9-12-14(13)18-19(15,16)17;;/h8-9,11-12H,2-7,10H2,1H3,(H2,15,16,17);;/q;2*+1/p-2. The number of hydrogen-bond donors (Lipinski definition) is 0. The van der Waals surface area contributed by atoms with Gasteiger partial charge in [-0.15, -0.1) is 0 Å². The molecule has 0 unspecified atom stereocenters. The first-order valence-corrected chi connectivity index (χ1v) is 8.28. The van der Waals surface area contributed by atoms with Crippen LogP contribution in [0.1, 0.15) is 51.0 Å². The zero-order valence-electron chi connectivity index (χ0n) is 13.3. The van der Waals surface area contributed by atoms with Gasteiger partial charge in [0.05, 0.1) is 0 Å². The summed E-state index contributed by atoms with van der Waals surface area (Å²) < 4.78 is 15.1. The van der Waals surface area contributed by atoms with Crippen LogP contribution in [0, 0.1) is 0 Å². The molecule has 1 aromatic carbocycles. The Morgan fingerprint density at radius 1 is 1.00 bits per heavy atom. The predicted octanol–water partition coefficient (Wildman–Crippen LogP) is -3.19. The summed E-state index contributed by atoms with van der Waals surface area (Å²) in [5.41, 5.74) is 0.782. The van der Waals surface area contributed by atoms with Crippen LogP contribution in [-0.2, 0) is 11.0 Å². The van der Waals surface area contributed by atoms with E-state index in [4.69, 9.17) is 0 Å². The van der Waals surface area contributed by atoms with Crippen LogP contribution in [0.15, 0.2) is 24.3 Å². The molecule has 1 rings (SSSR count). The molecule has 0 atom stereocenters. The van der Waals surface area contributed by atoms with Crippen LogP contribution in [0.2, 0.25) is 0 Å². The molecular weight excluding hydrogens is 277 g/mol. The number of benzene rings is 1. The molecule has 0 saturated carbocycles. The fraction of sp³-hybridized carbons (Fsp3) is 0.571. The largest absolute Gasteiger partial charge is 1.00 e. The molecule has 0 aliphatic rings. The Bertz CT molecular complexity index is 423. The first-order valence-electron chi connectivity index (χ1n) is 6.82. The molecule has 108 valence electrons. The number of unbranched alkanes of at least 4 members (excludes halogenated alkanes) is 5. The SMILES string of the molecule is CCCCCCCCc1ccccc1OP(=O)([O-])[O-].[Li+].[Li+]. The summed E-state index contributed by atoms with van der Waals surface area (Å²) in [6, 6.07) is 6.81. The van der Waals surface area contributed by atoms with Crippen molar-refractivity contribution in [3.8, 4) is 5.75 Å². The number of rotatable bonds is 9. The van der Waals surface area contributed by atoms with E-state index in [-0.39, 0.29) is 43.5 Å². The van der Waals surface area contributed by atoms with Crippen molar-refractivity contribution in [2.45, 2.75) is 51.9 Å². The van der Waals surface area contributed by atoms with Gasteiger partial charge >= 0.3 is 37.7 Å². The Kier molecular flexibility index (Phi) is 14.5. The van der Waals surface area contributed by atoms with E-state index >= 15 is 0 Å². The molecule has 0 heterocycles. The van der Waals surface area contributed by atoms with E-state index in [0.717, 1.165) is 24.8 Å². The second-order valence-electron chi connectivity index (χ2n) is 4.66. The van der Waals surface area contributed by atoms with Crippen LogP contribution >= 0.6 is 7.82 Å². The number of phosphoric acid groups is 1. The Morgan fingerprint density at radius 3 is 2.19 bits per heavy atom. The van der Waals surface area contributed by atoms with Crippen LogP contribution in [0.25, 0.3) is 0 Å². The molecule has 0 spiro atoms. The molecule has 0 aliphatic heterocycles. The first-order chi connectivity index (χ1) is 9.03. The molecule has 0 aliphatic carbocycles. The number of phosphoric ester groups is 1. The van der Waals surface area contributed by atoms with Crippen LogP contribution < -0.4 is 52.0 Å². The average Bonchev–Trinajstić information content (AvgIpc) is 2.33. The molecule has 0 amide bonds. The topological polar surface area (TPSA) is 72.4 Å². The smallest absolute Gasteiger partial charge is 0.780 e. The molecule has 1 aromatic rings. The maximum atomic E-state index is 10.7. The molecule has 0 radical (unpaired) electrons. The number of aryl methyl sites for hydroxylation is 1. The maximum absolute atomic E-state index is 10.7. The molecule has 0 N–H and O–H groups in total. The van der Waals surface area contributed by atoms with Crippen molar-refractivity contribution < 1.29 is 56.6 Å². The molecule has 0 aromatic heterocycles. The van der Waals surface area contributed by atoms with Crippen molar-refractivity contribution in [3.05, 3.63) is 29.8 Å². The summed E-state index contributed by atoms with van der Waals surface area (Å²) in [5, 5.41) is 0. The summed E-state index contributed by atoms with van der Waals surface area (Å²) in [6.07, 6.45) is 7.74. The van der Waals surface area contributed by atoms with Gasteiger partial charge in [0.15, 0.2) is 0 Å². The molecule has 0 fully saturated rings. The van der Waals surface area contributed by atoms with Crippen LogP contribution in [0.3, 0.4) is 0 Å². The zero-order chi connectivity index (χ0) is 14.1. The van der Waals surface area contributed by atoms with Gasteiger partial charge in [0.2, 0.25) is 0 Å². The van der Waals surface area contributed by atoms with Gasteiger partial charge in [-0.05, 0) is 24.5 Å². The van der Waals surface area contributed by atoms with Gasteiger partial charge in [0.1, 0.15) is 13.6 Å². The molecule has 0 saturated heterocycles. The van der Waals surface area contributed by atoms with Gasteiger partial charge in [-0.2, -0.15) is 0 Å². The van der Waals surface area contributed by atoms with E-state index in [1.165, 1.54) is 31.7 Å². The van der Waals surface area contributed by atoms with E-state index in [1.807, 2.05) is 6.07 Å². The van der Waals surface area contributed by atoms with E-state index in [1.54, 1.807) is 12.1 Å². The summed E-state index contributed by atoms with van der Waals surface area (Å²) >= 11 is 0. The third kappa shape index (κ3) is 11.6. The average molecular weight is 298 g/mol. The van der Waals surface area contributed by atoms with Gasteiger partial charge in [0, 0.05) is 0 Å². The summed E-state index contributed by atoms with van der Waals surface area (Å²) in [5.74, 6) is 0.171. The van der Waals surface area contributed by atoms with Gasteiger partial charge in [-0.25, -0.2) is 0 Å². The molecule has 21 heavy (non-hydrogen) atoms. The summed E-state index contributed by atoms with van der Waals surface area (Å²) in [4.78, 5) is 21.3. The first kappa shape index (κ1) is 23.6. The van der Waals surface area contributed by atoms with Crippen molar-refractivity contribution >= 4 is 7.82 Å². The summed E-state index contributed by atoms with van der Waals surface area (Å²) in [6.45, 7) is 2.18. The van der Waals surface area contributed by atoms with Crippen molar-refractivity contribution in [3.63, 3.8) is 0 Å². The second kappa shape index (κ2) is 12.9. The molecular formula is C14H21Li2O4P. The van der Waals surface area contributed by atoms with Crippen LogP contribution in [0.4, 0.5) is 0 Å². The van der Waals surface area contributed by atoms with Crippen LogP contribution in [-0.4, -0.2) is 0 Å². The minimum Gasteiger partial charge on any atom is -0.780 e. The van der Waals surface area contributed by atoms with Crippen molar-refractivity contribution in [1.82, 2.24) is 0 Å². The fourth-order valence-electron chi connectivity index (χ4n) is 2.02. The fourth-order valence-corrected chi connectivity index (χ4v) is 2.43. The third-order valence-corrected chi connectivity index (χ3v) is 3.40. The number of hydrogen-bond acceptors (Lipinski definition) is 4.